The number of nitrogens with one attached hydrogen (secondary N) is 1. The molecule has 1 aromatic heterocycles. The van der Waals surface area contributed by atoms with Crippen molar-refractivity contribution in [3.8, 4) is 6.07 Å². The van der Waals surface area contributed by atoms with Crippen molar-refractivity contribution in [1.82, 2.24) is 9.55 Å². The largest absolute Gasteiger partial charge is 0.397 e. The van der Waals surface area contributed by atoms with Gasteiger partial charge in [-0.1, -0.05) is 0 Å². The van der Waals surface area contributed by atoms with Gasteiger partial charge in [-0.3, -0.25) is 4.72 Å². The van der Waals surface area contributed by atoms with Gasteiger partial charge < -0.3 is 10.3 Å². The zero-order chi connectivity index (χ0) is 14.0. The Morgan fingerprint density at radius 3 is 2.74 bits per heavy atom. The summed E-state index contributed by atoms with van der Waals surface area (Å²) in [5.74, 6) is 0. The summed E-state index contributed by atoms with van der Waals surface area (Å²) in [6.07, 6.45) is 2.76. The minimum atomic E-state index is -3.78. The van der Waals surface area contributed by atoms with Crippen LogP contribution >= 0.6 is 0 Å². The molecule has 0 spiro atoms. The average Bonchev–Trinajstić information content (AvgIpc) is 2.79. The van der Waals surface area contributed by atoms with Crippen molar-refractivity contribution < 1.29 is 8.42 Å². The molecule has 0 aliphatic rings. The van der Waals surface area contributed by atoms with Crippen molar-refractivity contribution in [2.45, 2.75) is 5.03 Å². The first kappa shape index (κ1) is 12.9. The Balaban J connectivity index is 2.34. The van der Waals surface area contributed by atoms with Crippen molar-refractivity contribution >= 4 is 21.4 Å². The van der Waals surface area contributed by atoms with Crippen molar-refractivity contribution in [1.29, 1.82) is 5.26 Å². The van der Waals surface area contributed by atoms with Gasteiger partial charge in [0, 0.05) is 13.2 Å². The second kappa shape index (κ2) is 4.62. The average molecular weight is 277 g/mol. The van der Waals surface area contributed by atoms with Gasteiger partial charge in [0.15, 0.2) is 5.03 Å². The molecule has 0 saturated carbocycles. The molecule has 98 valence electrons. The lowest BCUT2D eigenvalue weighted by atomic mass is 10.2. The monoisotopic (exact) mass is 277 g/mol. The van der Waals surface area contributed by atoms with Gasteiger partial charge in [-0.05, 0) is 18.2 Å². The van der Waals surface area contributed by atoms with Crippen molar-refractivity contribution in [2.24, 2.45) is 7.05 Å². The van der Waals surface area contributed by atoms with E-state index < -0.39 is 10.0 Å². The molecule has 0 aliphatic heterocycles. The van der Waals surface area contributed by atoms with Gasteiger partial charge in [-0.15, -0.1) is 0 Å². The van der Waals surface area contributed by atoms with Crippen LogP contribution in [0.15, 0.2) is 35.7 Å². The van der Waals surface area contributed by atoms with E-state index in [0.717, 1.165) is 0 Å². The first-order valence-corrected chi connectivity index (χ1v) is 6.71. The molecule has 0 aliphatic carbocycles. The van der Waals surface area contributed by atoms with E-state index in [0.29, 0.717) is 5.56 Å². The molecule has 0 unspecified atom stereocenters. The van der Waals surface area contributed by atoms with Crippen LogP contribution in [0.3, 0.4) is 0 Å². The number of hydrogen-bond donors (Lipinski definition) is 2. The lowest BCUT2D eigenvalue weighted by Gasteiger charge is -2.08. The molecule has 2 aromatic rings. The number of nitrogens with zero attached hydrogens (tertiary/aromatic N) is 3. The van der Waals surface area contributed by atoms with Crippen LogP contribution in [0.5, 0.6) is 0 Å². The summed E-state index contributed by atoms with van der Waals surface area (Å²) in [5, 5.41) is 8.61. The first-order chi connectivity index (χ1) is 8.92. The van der Waals surface area contributed by atoms with Crippen LogP contribution in [0.4, 0.5) is 11.4 Å². The van der Waals surface area contributed by atoms with Gasteiger partial charge >= 0.3 is 0 Å². The fourth-order valence-corrected chi connectivity index (χ4v) is 2.52. The minimum Gasteiger partial charge on any atom is -0.397 e. The smallest absolute Gasteiger partial charge is 0.281 e. The van der Waals surface area contributed by atoms with Gasteiger partial charge in [0.1, 0.15) is 0 Å². The third-order valence-corrected chi connectivity index (χ3v) is 3.63. The predicted molar refractivity (Wildman–Crippen MR) is 69.6 cm³/mol. The summed E-state index contributed by atoms with van der Waals surface area (Å²) in [5.41, 5.74) is 6.44. The van der Waals surface area contributed by atoms with E-state index in [4.69, 9.17) is 11.0 Å². The Morgan fingerprint density at radius 2 is 2.21 bits per heavy atom. The van der Waals surface area contributed by atoms with Crippen LogP contribution in [0.1, 0.15) is 5.56 Å². The summed E-state index contributed by atoms with van der Waals surface area (Å²) < 4.78 is 27.9. The number of sulfonamides is 1. The summed E-state index contributed by atoms with van der Waals surface area (Å²) >= 11 is 0. The maximum atomic E-state index is 12.0. The van der Waals surface area contributed by atoms with Gasteiger partial charge in [0.25, 0.3) is 10.0 Å². The van der Waals surface area contributed by atoms with Crippen LogP contribution in [-0.4, -0.2) is 18.0 Å². The van der Waals surface area contributed by atoms with Crippen molar-refractivity contribution in [3.63, 3.8) is 0 Å². The molecule has 0 bridgehead atoms. The number of aromatic nitrogens is 2. The topological polar surface area (TPSA) is 114 Å². The Morgan fingerprint density at radius 1 is 1.47 bits per heavy atom. The number of benzene rings is 1. The molecule has 0 amide bonds. The Hall–Kier alpha value is -2.53. The van der Waals surface area contributed by atoms with Gasteiger partial charge in [0.2, 0.25) is 0 Å². The maximum Gasteiger partial charge on any atom is 0.281 e. The molecule has 2 rings (SSSR count). The molecular formula is C11H11N5O2S. The highest BCUT2D eigenvalue weighted by Gasteiger charge is 2.18. The zero-order valence-electron chi connectivity index (χ0n) is 10.0. The van der Waals surface area contributed by atoms with E-state index in [-0.39, 0.29) is 16.4 Å². The molecule has 3 N–H and O–H groups in total. The molecule has 0 fully saturated rings. The molecule has 7 nitrogen and oxygen atoms in total. The third-order valence-electron chi connectivity index (χ3n) is 2.38. The highest BCUT2D eigenvalue weighted by Crippen LogP contribution is 2.22. The number of nitriles is 1. The van der Waals surface area contributed by atoms with E-state index in [1.54, 1.807) is 7.05 Å². The molecular weight excluding hydrogens is 266 g/mol. The normalized spacial score (nSPS) is 10.9. The maximum absolute atomic E-state index is 12.0. The zero-order valence-corrected chi connectivity index (χ0v) is 10.8. The summed E-state index contributed by atoms with van der Waals surface area (Å²) in [7, 11) is -2.11. The second-order valence-electron chi connectivity index (χ2n) is 3.90. The third kappa shape index (κ3) is 2.66. The van der Waals surface area contributed by atoms with Crippen LogP contribution in [0.25, 0.3) is 0 Å². The van der Waals surface area contributed by atoms with E-state index in [1.807, 2.05) is 6.07 Å². The predicted octanol–water partition coefficient (Wildman–Crippen LogP) is 0.675. The molecule has 1 heterocycles. The number of nitrogen functional groups attached to an aromatic ring is 1. The minimum absolute atomic E-state index is 0.0984. The first-order valence-electron chi connectivity index (χ1n) is 5.23. The Kier molecular flexibility index (Phi) is 3.14. The van der Waals surface area contributed by atoms with E-state index in [9.17, 15) is 8.42 Å². The molecule has 8 heteroatoms. The van der Waals surface area contributed by atoms with Gasteiger partial charge in [-0.2, -0.15) is 13.7 Å². The fourth-order valence-electron chi connectivity index (χ4n) is 1.45. The molecule has 1 aromatic carbocycles. The number of anilines is 2. The standard InChI is InChI=1S/C11H11N5O2S/c1-16-6-11(14-7-16)19(17,18)15-10-3-2-8(5-12)4-9(10)13/h2-4,6-7,15H,13H2,1H3. The quantitative estimate of drug-likeness (QED) is 0.800. The SMILES string of the molecule is Cn1cnc(S(=O)(=O)Nc2ccc(C#N)cc2N)c1. The van der Waals surface area contributed by atoms with Crippen molar-refractivity contribution in [2.75, 3.05) is 10.5 Å². The molecule has 0 saturated heterocycles. The van der Waals surface area contributed by atoms with E-state index in [1.165, 1.54) is 35.3 Å². The summed E-state index contributed by atoms with van der Waals surface area (Å²) in [4.78, 5) is 3.77. The van der Waals surface area contributed by atoms with Gasteiger partial charge in [0.05, 0.1) is 29.3 Å². The van der Waals surface area contributed by atoms with Gasteiger partial charge in [-0.25, -0.2) is 4.98 Å². The Bertz CT molecular complexity index is 758. The van der Waals surface area contributed by atoms with E-state index >= 15 is 0 Å². The molecule has 19 heavy (non-hydrogen) atoms. The fraction of sp³-hybridized carbons (Fsp3) is 0.0909. The highest BCUT2D eigenvalue weighted by atomic mass is 32.2. The van der Waals surface area contributed by atoms with E-state index in [2.05, 4.69) is 9.71 Å². The highest BCUT2D eigenvalue weighted by molar-refractivity contribution is 7.92. The lowest BCUT2D eigenvalue weighted by molar-refractivity contribution is 0.598. The number of hydrogen-bond acceptors (Lipinski definition) is 5. The lowest BCUT2D eigenvalue weighted by Crippen LogP contribution is -2.14. The van der Waals surface area contributed by atoms with Crippen LogP contribution in [-0.2, 0) is 17.1 Å². The number of aryl methyl sites for hydroxylation is 1. The second-order valence-corrected chi connectivity index (χ2v) is 5.53. The number of rotatable bonds is 3. The number of nitrogens with two attached hydrogens (primary N) is 1. The summed E-state index contributed by atoms with van der Waals surface area (Å²) in [6.45, 7) is 0. The summed E-state index contributed by atoms with van der Waals surface area (Å²) in [6, 6.07) is 6.24. The van der Waals surface area contributed by atoms with Crippen LogP contribution in [0.2, 0.25) is 0 Å². The van der Waals surface area contributed by atoms with Crippen molar-refractivity contribution in [3.05, 3.63) is 36.3 Å². The van der Waals surface area contributed by atoms with Crippen LogP contribution < -0.4 is 10.5 Å². The molecule has 0 atom stereocenters. The van der Waals surface area contributed by atoms with Crippen LogP contribution in [0, 0.1) is 11.3 Å². The number of imidazole rings is 1. The Labute approximate surface area is 110 Å². The molecule has 0 radical (unpaired) electrons.